The zero-order valence-electron chi connectivity index (χ0n) is 14.1. The number of benzene rings is 1. The minimum absolute atomic E-state index is 0.0661. The van der Waals surface area contributed by atoms with Crippen molar-refractivity contribution in [2.45, 2.75) is 19.9 Å². The lowest BCUT2D eigenvalue weighted by molar-refractivity contribution is -0.114. The number of anilines is 1. The molecule has 0 atom stereocenters. The van der Waals surface area contributed by atoms with Crippen LogP contribution in [0.2, 0.25) is 0 Å². The monoisotopic (exact) mass is 384 g/mol. The van der Waals surface area contributed by atoms with E-state index >= 15 is 0 Å². The van der Waals surface area contributed by atoms with Crippen molar-refractivity contribution in [2.24, 2.45) is 0 Å². The third kappa shape index (κ3) is 3.38. The molecule has 132 valence electrons. The summed E-state index contributed by atoms with van der Waals surface area (Å²) in [6, 6.07) is 9.85. The van der Waals surface area contributed by atoms with Gasteiger partial charge in [-0.25, -0.2) is 9.97 Å². The lowest BCUT2D eigenvalue weighted by Crippen LogP contribution is -2.35. The van der Waals surface area contributed by atoms with Crippen molar-refractivity contribution in [3.63, 3.8) is 0 Å². The number of nitrogens with zero attached hydrogens (tertiary/aromatic N) is 3. The van der Waals surface area contributed by atoms with Crippen LogP contribution in [0.5, 0.6) is 0 Å². The van der Waals surface area contributed by atoms with E-state index in [0.717, 1.165) is 21.1 Å². The summed E-state index contributed by atoms with van der Waals surface area (Å²) in [7, 11) is 0. The van der Waals surface area contributed by atoms with Crippen LogP contribution in [-0.4, -0.2) is 33.2 Å². The molecule has 3 aromatic rings. The van der Waals surface area contributed by atoms with E-state index in [1.54, 1.807) is 4.90 Å². The van der Waals surface area contributed by atoms with Crippen molar-refractivity contribution in [1.82, 2.24) is 14.9 Å². The molecule has 8 heteroatoms. The highest BCUT2D eigenvalue weighted by Gasteiger charge is 2.26. The van der Waals surface area contributed by atoms with Crippen LogP contribution < -0.4 is 5.32 Å². The van der Waals surface area contributed by atoms with Crippen molar-refractivity contribution < 1.29 is 9.59 Å². The first-order valence-electron chi connectivity index (χ1n) is 8.16. The van der Waals surface area contributed by atoms with Gasteiger partial charge in [-0.3, -0.25) is 9.59 Å². The Morgan fingerprint density at radius 3 is 2.77 bits per heavy atom. The molecule has 4 rings (SSSR count). The summed E-state index contributed by atoms with van der Waals surface area (Å²) in [4.78, 5) is 35.8. The van der Waals surface area contributed by atoms with Crippen LogP contribution in [0, 0.1) is 0 Å². The Labute approximate surface area is 158 Å². The van der Waals surface area contributed by atoms with E-state index in [1.807, 2.05) is 35.7 Å². The Morgan fingerprint density at radius 2 is 2.00 bits per heavy atom. The Kier molecular flexibility index (Phi) is 4.52. The lowest BCUT2D eigenvalue weighted by Gasteiger charge is -2.25. The van der Waals surface area contributed by atoms with Gasteiger partial charge in [0.15, 0.2) is 5.13 Å². The molecular formula is C18H16N4O2S2. The third-order valence-corrected chi connectivity index (χ3v) is 5.93. The molecule has 2 aromatic heterocycles. The van der Waals surface area contributed by atoms with Gasteiger partial charge in [-0.05, 0) is 0 Å². The fraction of sp³-hybridized carbons (Fsp3) is 0.222. The maximum Gasteiger partial charge on any atom is 0.273 e. The first kappa shape index (κ1) is 16.9. The summed E-state index contributed by atoms with van der Waals surface area (Å²) >= 11 is 2.90. The molecule has 0 aliphatic carbocycles. The first-order valence-corrected chi connectivity index (χ1v) is 9.86. The van der Waals surface area contributed by atoms with Crippen LogP contribution in [0.1, 0.15) is 28.0 Å². The molecular weight excluding hydrogens is 368 g/mol. The number of carbonyl (C=O) groups excluding carboxylic acids is 2. The van der Waals surface area contributed by atoms with Crippen LogP contribution in [-0.2, 0) is 17.8 Å². The number of nitrogens with one attached hydrogen (secondary N) is 1. The van der Waals surface area contributed by atoms with Crippen LogP contribution in [0.25, 0.3) is 10.6 Å². The Morgan fingerprint density at radius 1 is 1.19 bits per heavy atom. The average molecular weight is 384 g/mol. The molecule has 26 heavy (non-hydrogen) atoms. The summed E-state index contributed by atoms with van der Waals surface area (Å²) in [6.45, 7) is 2.57. The first-order chi connectivity index (χ1) is 12.6. The summed E-state index contributed by atoms with van der Waals surface area (Å²) in [5.41, 5.74) is 2.45. The number of thiazole rings is 2. The molecule has 0 unspecified atom stereocenters. The standard InChI is InChI=1S/C18H16N4O2S2/c1-11(23)19-18-21-13-7-8-22(9-15(13)26-18)17(24)14-10-25-16(20-14)12-5-3-2-4-6-12/h2-6,10H,7-9H2,1H3,(H,19,21,23). The summed E-state index contributed by atoms with van der Waals surface area (Å²) in [6.07, 6.45) is 0.687. The van der Waals surface area contributed by atoms with Crippen molar-refractivity contribution in [1.29, 1.82) is 0 Å². The van der Waals surface area contributed by atoms with Crippen molar-refractivity contribution in [2.75, 3.05) is 11.9 Å². The Bertz CT molecular complexity index is 965. The minimum Gasteiger partial charge on any atom is -0.332 e. The second-order valence-electron chi connectivity index (χ2n) is 5.95. The fourth-order valence-corrected chi connectivity index (χ4v) is 4.69. The van der Waals surface area contributed by atoms with E-state index in [9.17, 15) is 9.59 Å². The van der Waals surface area contributed by atoms with Crippen LogP contribution in [0.4, 0.5) is 5.13 Å². The predicted molar refractivity (Wildman–Crippen MR) is 102 cm³/mol. The number of hydrogen-bond donors (Lipinski definition) is 1. The van der Waals surface area contributed by atoms with Crippen LogP contribution in [0.15, 0.2) is 35.7 Å². The van der Waals surface area contributed by atoms with E-state index in [1.165, 1.54) is 29.6 Å². The molecule has 3 heterocycles. The van der Waals surface area contributed by atoms with Gasteiger partial charge in [-0.2, -0.15) is 0 Å². The van der Waals surface area contributed by atoms with Gasteiger partial charge in [0.05, 0.1) is 12.2 Å². The Balaban J connectivity index is 1.50. The molecule has 0 spiro atoms. The highest BCUT2D eigenvalue weighted by Crippen LogP contribution is 2.30. The van der Waals surface area contributed by atoms with Gasteiger partial charge in [-0.1, -0.05) is 41.7 Å². The number of hydrogen-bond acceptors (Lipinski definition) is 6. The van der Waals surface area contributed by atoms with Gasteiger partial charge in [0.1, 0.15) is 10.7 Å². The van der Waals surface area contributed by atoms with E-state index in [0.29, 0.717) is 30.3 Å². The Hall–Kier alpha value is -2.58. The van der Waals surface area contributed by atoms with Crippen molar-refractivity contribution in [3.05, 3.63) is 52.0 Å². The second kappa shape index (κ2) is 6.97. The van der Waals surface area contributed by atoms with Gasteiger partial charge in [0.2, 0.25) is 5.91 Å². The molecule has 2 amide bonds. The van der Waals surface area contributed by atoms with Gasteiger partial charge >= 0.3 is 0 Å². The largest absolute Gasteiger partial charge is 0.332 e. The van der Waals surface area contributed by atoms with E-state index in [4.69, 9.17) is 0 Å². The normalized spacial score (nSPS) is 13.3. The second-order valence-corrected chi connectivity index (χ2v) is 7.89. The van der Waals surface area contributed by atoms with Crippen LogP contribution in [0.3, 0.4) is 0 Å². The van der Waals surface area contributed by atoms with Gasteiger partial charge in [0, 0.05) is 35.7 Å². The SMILES string of the molecule is CC(=O)Nc1nc2c(s1)CN(C(=O)c1csc(-c3ccccc3)n1)CC2. The molecule has 1 aliphatic rings. The topological polar surface area (TPSA) is 75.2 Å². The van der Waals surface area contributed by atoms with E-state index in [2.05, 4.69) is 15.3 Å². The molecule has 1 aromatic carbocycles. The van der Waals surface area contributed by atoms with Gasteiger partial charge in [-0.15, -0.1) is 11.3 Å². The zero-order valence-corrected chi connectivity index (χ0v) is 15.7. The summed E-state index contributed by atoms with van der Waals surface area (Å²) < 4.78 is 0. The summed E-state index contributed by atoms with van der Waals surface area (Å²) in [5, 5.41) is 5.97. The maximum atomic E-state index is 12.8. The van der Waals surface area contributed by atoms with Crippen LogP contribution >= 0.6 is 22.7 Å². The predicted octanol–water partition coefficient (Wildman–Crippen LogP) is 3.42. The minimum atomic E-state index is -0.139. The molecule has 0 bridgehead atoms. The number of aromatic nitrogens is 2. The number of carbonyl (C=O) groups is 2. The number of fused-ring (bicyclic) bond motifs is 1. The van der Waals surface area contributed by atoms with E-state index in [-0.39, 0.29) is 11.8 Å². The highest BCUT2D eigenvalue weighted by atomic mass is 32.1. The average Bonchev–Trinajstić information content (AvgIpc) is 3.27. The number of amides is 2. The maximum absolute atomic E-state index is 12.8. The van der Waals surface area contributed by atoms with E-state index < -0.39 is 0 Å². The molecule has 0 radical (unpaired) electrons. The zero-order chi connectivity index (χ0) is 18.1. The number of rotatable bonds is 3. The molecule has 1 aliphatic heterocycles. The highest BCUT2D eigenvalue weighted by molar-refractivity contribution is 7.16. The molecule has 0 saturated heterocycles. The lowest BCUT2D eigenvalue weighted by atomic mass is 10.1. The van der Waals surface area contributed by atoms with Crippen molar-refractivity contribution in [3.8, 4) is 10.6 Å². The van der Waals surface area contributed by atoms with Gasteiger partial charge < -0.3 is 10.2 Å². The third-order valence-electron chi connectivity index (χ3n) is 4.05. The summed E-state index contributed by atoms with van der Waals surface area (Å²) in [5.74, 6) is -0.205. The smallest absolute Gasteiger partial charge is 0.273 e. The molecule has 0 saturated carbocycles. The van der Waals surface area contributed by atoms with Gasteiger partial charge in [0.25, 0.3) is 5.91 Å². The molecule has 0 fully saturated rings. The van der Waals surface area contributed by atoms with Crippen molar-refractivity contribution >= 4 is 39.6 Å². The quantitative estimate of drug-likeness (QED) is 0.751. The molecule has 6 nitrogen and oxygen atoms in total. The molecule has 1 N–H and O–H groups in total. The fourth-order valence-electron chi connectivity index (χ4n) is 2.82.